The molecule has 41 heavy (non-hydrogen) atoms. The smallest absolute Gasteiger partial charge is 0.306 e. The van der Waals surface area contributed by atoms with E-state index in [1.807, 2.05) is 51.2 Å². The molecule has 226 valence electrons. The van der Waals surface area contributed by atoms with Gasteiger partial charge in [-0.15, -0.1) is 11.3 Å². The van der Waals surface area contributed by atoms with Gasteiger partial charge in [-0.25, -0.2) is 4.98 Å². The predicted molar refractivity (Wildman–Crippen MR) is 162 cm³/mol. The number of nitrogens with one attached hydrogen (secondary N) is 2. The number of carboxylic acids is 1. The Hall–Kier alpha value is -3.27. The zero-order valence-electron chi connectivity index (χ0n) is 25.3. The maximum atomic E-state index is 13.3. The summed E-state index contributed by atoms with van der Waals surface area (Å²) in [6.45, 7) is 11.3. The number of benzene rings is 1. The van der Waals surface area contributed by atoms with E-state index < -0.39 is 29.9 Å². The number of carboxylic acid groups (broad SMARTS) is 1. The number of amides is 3. The van der Waals surface area contributed by atoms with Crippen LogP contribution in [0.25, 0.3) is 0 Å². The third-order valence-corrected chi connectivity index (χ3v) is 8.47. The SMILES string of the molecule is CC[C@H](C)CC(=O)N(C)[C@H](C[C@@H](NC(C)=O)c1nc(C(=O)N[C@@H](Cc2ccccc2)C[C@H](C)C(=O)O)cs1)C(C)C. The summed E-state index contributed by atoms with van der Waals surface area (Å²) < 4.78 is 0. The molecule has 9 nitrogen and oxygen atoms in total. The number of hydrogen-bond acceptors (Lipinski definition) is 6. The zero-order chi connectivity index (χ0) is 30.7. The van der Waals surface area contributed by atoms with Crippen LogP contribution in [0.2, 0.25) is 0 Å². The van der Waals surface area contributed by atoms with Crippen LogP contribution in [0.5, 0.6) is 0 Å². The van der Waals surface area contributed by atoms with Gasteiger partial charge in [0.05, 0.1) is 12.0 Å². The first-order chi connectivity index (χ1) is 19.3. The quantitative estimate of drug-likeness (QED) is 0.252. The van der Waals surface area contributed by atoms with Crippen LogP contribution in [-0.4, -0.2) is 57.8 Å². The van der Waals surface area contributed by atoms with Crippen LogP contribution in [0.3, 0.4) is 0 Å². The van der Waals surface area contributed by atoms with Crippen molar-refractivity contribution in [3.05, 3.63) is 52.0 Å². The second-order valence-corrected chi connectivity index (χ2v) is 12.3. The van der Waals surface area contributed by atoms with Gasteiger partial charge in [-0.1, -0.05) is 71.4 Å². The minimum absolute atomic E-state index is 0.0684. The molecule has 1 heterocycles. The van der Waals surface area contributed by atoms with Crippen molar-refractivity contribution in [2.24, 2.45) is 17.8 Å². The Morgan fingerprint density at radius 2 is 1.68 bits per heavy atom. The lowest BCUT2D eigenvalue weighted by molar-refractivity contribution is -0.141. The molecule has 10 heteroatoms. The second-order valence-electron chi connectivity index (χ2n) is 11.4. The molecule has 0 saturated carbocycles. The lowest BCUT2D eigenvalue weighted by Crippen LogP contribution is -2.43. The van der Waals surface area contributed by atoms with Crippen molar-refractivity contribution in [3.63, 3.8) is 0 Å². The van der Waals surface area contributed by atoms with E-state index in [9.17, 15) is 24.3 Å². The summed E-state index contributed by atoms with van der Waals surface area (Å²) in [5.74, 6) is -1.68. The fraction of sp³-hybridized carbons (Fsp3) is 0.581. The minimum atomic E-state index is -0.918. The number of aliphatic carboxylic acids is 1. The second kappa shape index (κ2) is 16.2. The molecule has 0 spiro atoms. The maximum absolute atomic E-state index is 13.3. The highest BCUT2D eigenvalue weighted by atomic mass is 32.1. The largest absolute Gasteiger partial charge is 0.481 e. The van der Waals surface area contributed by atoms with Crippen LogP contribution in [0.15, 0.2) is 35.7 Å². The third kappa shape index (κ3) is 10.9. The summed E-state index contributed by atoms with van der Waals surface area (Å²) in [4.78, 5) is 56.3. The van der Waals surface area contributed by atoms with Gasteiger partial charge in [0.15, 0.2) is 0 Å². The van der Waals surface area contributed by atoms with Crippen molar-refractivity contribution >= 4 is 35.0 Å². The van der Waals surface area contributed by atoms with Crippen LogP contribution >= 0.6 is 11.3 Å². The Morgan fingerprint density at radius 3 is 2.24 bits per heavy atom. The van der Waals surface area contributed by atoms with Gasteiger partial charge >= 0.3 is 5.97 Å². The van der Waals surface area contributed by atoms with Crippen molar-refractivity contribution in [2.45, 2.75) is 91.8 Å². The molecule has 1 aromatic carbocycles. The van der Waals surface area contributed by atoms with E-state index >= 15 is 0 Å². The standard InChI is InChI=1S/C31H46N4O5S/c1-8-20(4)14-28(37)35(7)27(19(2)3)17-25(32-22(6)36)30-34-26(18-41-30)29(38)33-24(15-21(5)31(39)40)16-23-12-10-9-11-13-23/h9-13,18-21,24-25,27H,8,14-17H2,1-7H3,(H,32,36)(H,33,38)(H,39,40)/t20-,21-,24+,25+,27+/m0/s1. The first-order valence-corrected chi connectivity index (χ1v) is 15.3. The van der Waals surface area contributed by atoms with Crippen LogP contribution in [0, 0.1) is 17.8 Å². The average molecular weight is 587 g/mol. The van der Waals surface area contributed by atoms with E-state index in [-0.39, 0.29) is 41.8 Å². The van der Waals surface area contributed by atoms with Crippen molar-refractivity contribution < 1.29 is 24.3 Å². The number of carbonyl (C=O) groups is 4. The van der Waals surface area contributed by atoms with E-state index in [0.29, 0.717) is 24.3 Å². The molecule has 3 N–H and O–H groups in total. The number of rotatable bonds is 16. The summed E-state index contributed by atoms with van der Waals surface area (Å²) in [5.41, 5.74) is 1.20. The molecule has 0 unspecified atom stereocenters. The van der Waals surface area contributed by atoms with Crippen LogP contribution in [-0.2, 0) is 20.8 Å². The Kier molecular flexibility index (Phi) is 13.4. The van der Waals surface area contributed by atoms with Gasteiger partial charge in [0.2, 0.25) is 11.8 Å². The lowest BCUT2D eigenvalue weighted by atomic mass is 9.94. The summed E-state index contributed by atoms with van der Waals surface area (Å²) >= 11 is 1.28. The molecule has 1 aromatic heterocycles. The first-order valence-electron chi connectivity index (χ1n) is 14.4. The van der Waals surface area contributed by atoms with E-state index in [1.165, 1.54) is 18.3 Å². The number of thiazole rings is 1. The van der Waals surface area contributed by atoms with Crippen molar-refractivity contribution in [2.75, 3.05) is 7.05 Å². The Bertz CT molecular complexity index is 1150. The monoisotopic (exact) mass is 586 g/mol. The van der Waals surface area contributed by atoms with Crippen molar-refractivity contribution in [1.29, 1.82) is 0 Å². The van der Waals surface area contributed by atoms with Gasteiger partial charge in [0, 0.05) is 37.9 Å². The molecular formula is C31H46N4O5S. The molecule has 2 aromatic rings. The first kappa shape index (κ1) is 33.9. The van der Waals surface area contributed by atoms with E-state index in [1.54, 1.807) is 17.2 Å². The number of aromatic nitrogens is 1. The van der Waals surface area contributed by atoms with E-state index in [0.717, 1.165) is 12.0 Å². The average Bonchev–Trinajstić information content (AvgIpc) is 3.41. The zero-order valence-corrected chi connectivity index (χ0v) is 26.2. The van der Waals surface area contributed by atoms with Crippen molar-refractivity contribution in [3.8, 4) is 0 Å². The highest BCUT2D eigenvalue weighted by molar-refractivity contribution is 7.09. The Morgan fingerprint density at radius 1 is 1.02 bits per heavy atom. The molecule has 0 bridgehead atoms. The van der Waals surface area contributed by atoms with Gasteiger partial charge in [-0.2, -0.15) is 0 Å². The highest BCUT2D eigenvalue weighted by Gasteiger charge is 2.30. The molecular weight excluding hydrogens is 540 g/mol. The number of nitrogens with zero attached hydrogens (tertiary/aromatic N) is 2. The fourth-order valence-electron chi connectivity index (χ4n) is 4.79. The van der Waals surface area contributed by atoms with Crippen LogP contribution in [0.4, 0.5) is 0 Å². The summed E-state index contributed by atoms with van der Waals surface area (Å²) in [6.07, 6.45) is 2.61. The van der Waals surface area contributed by atoms with Crippen molar-refractivity contribution in [1.82, 2.24) is 20.5 Å². The summed E-state index contributed by atoms with van der Waals surface area (Å²) in [5, 5.41) is 17.6. The molecule has 3 amide bonds. The Labute approximate surface area is 248 Å². The topological polar surface area (TPSA) is 129 Å². The molecule has 0 radical (unpaired) electrons. The minimum Gasteiger partial charge on any atom is -0.481 e. The summed E-state index contributed by atoms with van der Waals surface area (Å²) in [7, 11) is 1.81. The van der Waals surface area contributed by atoms with Gasteiger partial charge < -0.3 is 20.6 Å². The molecule has 0 saturated heterocycles. The van der Waals surface area contributed by atoms with Crippen LogP contribution in [0.1, 0.15) is 94.3 Å². The third-order valence-electron chi connectivity index (χ3n) is 7.51. The molecule has 0 aliphatic heterocycles. The highest BCUT2D eigenvalue weighted by Crippen LogP contribution is 2.28. The van der Waals surface area contributed by atoms with Gasteiger partial charge in [-0.3, -0.25) is 19.2 Å². The van der Waals surface area contributed by atoms with E-state index in [4.69, 9.17) is 0 Å². The maximum Gasteiger partial charge on any atom is 0.306 e. The normalized spacial score (nSPS) is 14.9. The Balaban J connectivity index is 2.24. The molecule has 5 atom stereocenters. The predicted octanol–water partition coefficient (Wildman–Crippen LogP) is 5.08. The lowest BCUT2D eigenvalue weighted by Gasteiger charge is -2.34. The van der Waals surface area contributed by atoms with Gasteiger partial charge in [0.1, 0.15) is 10.7 Å². The van der Waals surface area contributed by atoms with Crippen LogP contribution < -0.4 is 10.6 Å². The van der Waals surface area contributed by atoms with Gasteiger partial charge in [-0.05, 0) is 36.7 Å². The van der Waals surface area contributed by atoms with Gasteiger partial charge in [0.25, 0.3) is 5.91 Å². The molecule has 0 fully saturated rings. The fourth-order valence-corrected chi connectivity index (χ4v) is 5.65. The molecule has 2 rings (SSSR count). The summed E-state index contributed by atoms with van der Waals surface area (Å²) in [6, 6.07) is 8.59. The van der Waals surface area contributed by atoms with E-state index in [2.05, 4.69) is 29.5 Å². The molecule has 0 aliphatic carbocycles. The number of hydrogen-bond donors (Lipinski definition) is 3. The molecule has 0 aliphatic rings. The number of carbonyl (C=O) groups excluding carboxylic acids is 3.